The zero-order valence-electron chi connectivity index (χ0n) is 16.7. The summed E-state index contributed by atoms with van der Waals surface area (Å²) in [6.45, 7) is 2.95. The van der Waals surface area contributed by atoms with Gasteiger partial charge in [-0.3, -0.25) is 9.88 Å². The van der Waals surface area contributed by atoms with Gasteiger partial charge in [-0.2, -0.15) is 0 Å². The monoisotopic (exact) mass is 381 g/mol. The minimum atomic E-state index is 0.425. The fourth-order valence-electron chi connectivity index (χ4n) is 3.57. The molecule has 0 saturated carbocycles. The first-order chi connectivity index (χ1) is 13.7. The first-order valence-electron chi connectivity index (χ1n) is 9.37. The fraction of sp³-hybridized carbons (Fsp3) is 0.409. The van der Waals surface area contributed by atoms with Crippen LogP contribution >= 0.6 is 0 Å². The number of pyridine rings is 1. The Kier molecular flexibility index (Phi) is 6.62. The molecule has 6 nitrogen and oxygen atoms in total. The van der Waals surface area contributed by atoms with E-state index in [1.807, 2.05) is 18.3 Å². The van der Waals surface area contributed by atoms with Crippen LogP contribution in [-0.2, 0) is 6.54 Å². The van der Waals surface area contributed by atoms with Gasteiger partial charge in [-0.1, -0.05) is 6.42 Å². The molecule has 0 bridgehead atoms. The lowest BCUT2D eigenvalue weighted by Gasteiger charge is -2.31. The zero-order chi connectivity index (χ0) is 19.9. The minimum Gasteiger partial charge on any atom is -0.493 e. The maximum atomic E-state index is 5.46. The average molecular weight is 381 g/mol. The van der Waals surface area contributed by atoms with Crippen molar-refractivity contribution < 1.29 is 14.2 Å². The van der Waals surface area contributed by atoms with Gasteiger partial charge >= 0.3 is 0 Å². The van der Waals surface area contributed by atoms with Gasteiger partial charge in [-0.25, -0.2) is 0 Å². The van der Waals surface area contributed by atoms with E-state index in [0.29, 0.717) is 23.3 Å². The van der Waals surface area contributed by atoms with Crippen LogP contribution in [0.1, 0.15) is 18.4 Å². The third-order valence-corrected chi connectivity index (χ3v) is 5.07. The van der Waals surface area contributed by atoms with Crippen LogP contribution in [0.25, 0.3) is 11.3 Å². The molecule has 0 spiro atoms. The van der Waals surface area contributed by atoms with Crippen LogP contribution in [0.2, 0.25) is 0 Å². The predicted octanol–water partition coefficient (Wildman–Crippen LogP) is 2.92. The quantitative estimate of drug-likeness (QED) is 0.588. The van der Waals surface area contributed by atoms with Gasteiger partial charge in [0.1, 0.15) is 0 Å². The molecule has 2 heterocycles. The Morgan fingerprint density at radius 1 is 1.11 bits per heavy atom. The number of hydrogen-bond donors (Lipinski definition) is 1. The summed E-state index contributed by atoms with van der Waals surface area (Å²) >= 11 is 0. The summed E-state index contributed by atoms with van der Waals surface area (Å²) in [5, 5.41) is 3.09. The molecule has 1 N–H and O–H groups in total. The van der Waals surface area contributed by atoms with Gasteiger partial charge in [0.15, 0.2) is 11.5 Å². The van der Waals surface area contributed by atoms with Gasteiger partial charge in [0.2, 0.25) is 5.75 Å². The van der Waals surface area contributed by atoms with Crippen LogP contribution in [-0.4, -0.2) is 50.3 Å². The van der Waals surface area contributed by atoms with E-state index >= 15 is 0 Å². The van der Waals surface area contributed by atoms with E-state index in [9.17, 15) is 0 Å². The topological polar surface area (TPSA) is 55.9 Å². The standard InChI is InChI=1S/C22H27N3O3/c1-5-23-18-7-10-25(11-8-18)15-16-6-9-24-19(12-16)17-13-20(26-2)22(28-4)21(14-17)27-3/h1,6,9,12-14,18,23H,7-8,10-11,15H2,2-4H3. The Morgan fingerprint density at radius 2 is 1.79 bits per heavy atom. The molecule has 1 fully saturated rings. The van der Waals surface area contributed by atoms with Crippen molar-refractivity contribution in [3.05, 3.63) is 36.0 Å². The van der Waals surface area contributed by atoms with Crippen molar-refractivity contribution in [2.45, 2.75) is 25.4 Å². The highest BCUT2D eigenvalue weighted by Gasteiger charge is 2.19. The number of aromatic nitrogens is 1. The molecule has 1 saturated heterocycles. The number of piperidine rings is 1. The van der Waals surface area contributed by atoms with Gasteiger partial charge in [-0.15, -0.1) is 0 Å². The minimum absolute atomic E-state index is 0.425. The molecule has 28 heavy (non-hydrogen) atoms. The van der Waals surface area contributed by atoms with Gasteiger partial charge in [-0.05, 0) is 42.7 Å². The summed E-state index contributed by atoms with van der Waals surface area (Å²) in [4.78, 5) is 6.99. The van der Waals surface area contributed by atoms with Crippen LogP contribution in [0, 0.1) is 12.5 Å². The van der Waals surface area contributed by atoms with E-state index in [-0.39, 0.29) is 0 Å². The number of methoxy groups -OCH3 is 3. The predicted molar refractivity (Wildman–Crippen MR) is 110 cm³/mol. The highest BCUT2D eigenvalue weighted by molar-refractivity contribution is 5.69. The van der Waals surface area contributed by atoms with Crippen LogP contribution < -0.4 is 19.5 Å². The van der Waals surface area contributed by atoms with Crippen molar-refractivity contribution in [3.63, 3.8) is 0 Å². The van der Waals surface area contributed by atoms with Gasteiger partial charge in [0.25, 0.3) is 0 Å². The molecule has 148 valence electrons. The molecule has 1 aromatic heterocycles. The third kappa shape index (κ3) is 4.49. The zero-order valence-corrected chi connectivity index (χ0v) is 16.7. The van der Waals surface area contributed by atoms with Gasteiger partial charge < -0.3 is 19.5 Å². The molecule has 0 unspecified atom stereocenters. The Balaban J connectivity index is 1.78. The van der Waals surface area contributed by atoms with Crippen molar-refractivity contribution in [1.29, 1.82) is 0 Å². The fourth-order valence-corrected chi connectivity index (χ4v) is 3.57. The number of rotatable bonds is 7. The van der Waals surface area contributed by atoms with E-state index in [4.69, 9.17) is 20.6 Å². The molecule has 1 aliphatic heterocycles. The first kappa shape index (κ1) is 19.8. The van der Waals surface area contributed by atoms with E-state index in [0.717, 1.165) is 43.7 Å². The lowest BCUT2D eigenvalue weighted by Crippen LogP contribution is -2.40. The SMILES string of the molecule is C#CNC1CCN(Cc2ccnc(-c3cc(OC)c(OC)c(OC)c3)c2)CC1. The Hall–Kier alpha value is -2.91. The molecule has 0 aliphatic carbocycles. The largest absolute Gasteiger partial charge is 0.493 e. The number of nitrogens with zero attached hydrogens (tertiary/aromatic N) is 2. The third-order valence-electron chi connectivity index (χ3n) is 5.07. The number of ether oxygens (including phenoxy) is 3. The normalized spacial score (nSPS) is 14.9. The molecular formula is C22H27N3O3. The molecule has 0 radical (unpaired) electrons. The Morgan fingerprint density at radius 3 is 2.36 bits per heavy atom. The van der Waals surface area contributed by atoms with E-state index in [1.54, 1.807) is 21.3 Å². The van der Waals surface area contributed by atoms with E-state index in [2.05, 4.69) is 33.4 Å². The number of nitrogens with one attached hydrogen (secondary N) is 1. The highest BCUT2D eigenvalue weighted by atomic mass is 16.5. The molecule has 6 heteroatoms. The molecular weight excluding hydrogens is 354 g/mol. The molecule has 2 aromatic rings. The summed E-state index contributed by atoms with van der Waals surface area (Å²) in [6, 6.07) is 11.0. The number of likely N-dealkylation sites (tertiary alicyclic amines) is 1. The van der Waals surface area contributed by atoms with Crippen molar-refractivity contribution in [2.24, 2.45) is 0 Å². The maximum Gasteiger partial charge on any atom is 0.203 e. The second-order valence-corrected chi connectivity index (χ2v) is 6.80. The maximum absolute atomic E-state index is 5.46. The van der Waals surface area contributed by atoms with Crippen LogP contribution in [0.5, 0.6) is 17.2 Å². The second kappa shape index (κ2) is 9.34. The first-order valence-corrected chi connectivity index (χ1v) is 9.37. The van der Waals surface area contributed by atoms with Crippen LogP contribution in [0.4, 0.5) is 0 Å². The molecule has 1 aromatic carbocycles. The number of benzene rings is 1. The Labute approximate surface area is 166 Å². The molecule has 1 aliphatic rings. The number of terminal acetylenes is 1. The smallest absolute Gasteiger partial charge is 0.203 e. The summed E-state index contributed by atoms with van der Waals surface area (Å²) in [5.74, 6) is 1.81. The summed E-state index contributed by atoms with van der Waals surface area (Å²) in [5.41, 5.74) is 3.02. The van der Waals surface area contributed by atoms with E-state index < -0.39 is 0 Å². The van der Waals surface area contributed by atoms with Crippen LogP contribution in [0.3, 0.4) is 0 Å². The molecule has 0 atom stereocenters. The van der Waals surface area contributed by atoms with Crippen molar-refractivity contribution >= 4 is 0 Å². The van der Waals surface area contributed by atoms with Gasteiger partial charge in [0, 0.05) is 43.5 Å². The summed E-state index contributed by atoms with van der Waals surface area (Å²) in [7, 11) is 4.83. The number of hydrogen-bond acceptors (Lipinski definition) is 6. The summed E-state index contributed by atoms with van der Waals surface area (Å²) in [6.07, 6.45) is 9.32. The van der Waals surface area contributed by atoms with Crippen molar-refractivity contribution in [1.82, 2.24) is 15.2 Å². The average Bonchev–Trinajstić information content (AvgIpc) is 2.74. The van der Waals surface area contributed by atoms with Crippen molar-refractivity contribution in [3.8, 4) is 41.0 Å². The van der Waals surface area contributed by atoms with Gasteiger partial charge in [0.05, 0.1) is 27.0 Å². The summed E-state index contributed by atoms with van der Waals surface area (Å²) < 4.78 is 16.3. The Bertz CT molecular complexity index is 814. The molecule has 0 amide bonds. The molecule has 3 rings (SSSR count). The van der Waals surface area contributed by atoms with E-state index in [1.165, 1.54) is 5.56 Å². The lowest BCUT2D eigenvalue weighted by atomic mass is 10.0. The lowest BCUT2D eigenvalue weighted by molar-refractivity contribution is 0.198. The van der Waals surface area contributed by atoms with Crippen LogP contribution in [0.15, 0.2) is 30.5 Å². The van der Waals surface area contributed by atoms with Crippen molar-refractivity contribution in [2.75, 3.05) is 34.4 Å². The second-order valence-electron chi connectivity index (χ2n) is 6.80. The highest BCUT2D eigenvalue weighted by Crippen LogP contribution is 2.40.